The molecule has 0 amide bonds. The zero-order valence-corrected chi connectivity index (χ0v) is 16.6. The maximum atomic E-state index is 6.32. The molecule has 25 heavy (non-hydrogen) atoms. The van der Waals surface area contributed by atoms with Crippen LogP contribution in [0.25, 0.3) is 21.2 Å². The molecule has 134 valence electrons. The van der Waals surface area contributed by atoms with Gasteiger partial charge in [-0.15, -0.1) is 11.3 Å². The molecule has 1 heterocycles. The molecular weight excluding hydrogens is 324 g/mol. The summed E-state index contributed by atoms with van der Waals surface area (Å²) in [4.78, 5) is 0. The Morgan fingerprint density at radius 1 is 0.960 bits per heavy atom. The third-order valence-corrected chi connectivity index (χ3v) is 5.83. The molecule has 1 aromatic heterocycles. The van der Waals surface area contributed by atoms with E-state index in [0.29, 0.717) is 5.92 Å². The number of hydrogen-bond acceptors (Lipinski definition) is 2. The highest BCUT2D eigenvalue weighted by Crippen LogP contribution is 2.43. The zero-order chi connectivity index (χ0) is 17.6. The highest BCUT2D eigenvalue weighted by molar-refractivity contribution is 7.17. The van der Waals surface area contributed by atoms with Crippen molar-refractivity contribution < 1.29 is 4.74 Å². The van der Waals surface area contributed by atoms with Gasteiger partial charge in [-0.1, -0.05) is 65.0 Å². The second kappa shape index (κ2) is 8.71. The molecule has 0 fully saturated rings. The van der Waals surface area contributed by atoms with Crippen LogP contribution in [0.1, 0.15) is 70.8 Å². The van der Waals surface area contributed by atoms with E-state index in [9.17, 15) is 0 Å². The number of fused-ring (bicyclic) bond motifs is 3. The van der Waals surface area contributed by atoms with Crippen LogP contribution in [0.2, 0.25) is 0 Å². The molecule has 0 saturated heterocycles. The van der Waals surface area contributed by atoms with E-state index in [1.54, 1.807) is 0 Å². The van der Waals surface area contributed by atoms with Crippen LogP contribution in [-0.4, -0.2) is 6.61 Å². The summed E-state index contributed by atoms with van der Waals surface area (Å²) in [5.74, 6) is 1.57. The fourth-order valence-corrected chi connectivity index (χ4v) is 4.25. The van der Waals surface area contributed by atoms with E-state index < -0.39 is 0 Å². The minimum Gasteiger partial charge on any atom is -0.493 e. The molecule has 0 radical (unpaired) electrons. The molecule has 1 aromatic rings. The largest absolute Gasteiger partial charge is 0.493 e. The zero-order valence-electron chi connectivity index (χ0n) is 15.8. The number of unbranched alkanes of at least 4 members (excludes halogenated alkanes) is 5. The summed E-state index contributed by atoms with van der Waals surface area (Å²) in [6, 6.07) is 11.3. The van der Waals surface area contributed by atoms with Crippen LogP contribution < -0.4 is 4.74 Å². The molecular formula is C23H30OS. The van der Waals surface area contributed by atoms with Crippen molar-refractivity contribution in [3.05, 3.63) is 41.3 Å². The van der Waals surface area contributed by atoms with Gasteiger partial charge in [0, 0.05) is 15.6 Å². The van der Waals surface area contributed by atoms with E-state index >= 15 is 0 Å². The molecule has 0 bridgehead atoms. The number of rotatable bonds is 9. The Morgan fingerprint density at radius 2 is 1.76 bits per heavy atom. The van der Waals surface area contributed by atoms with Crippen molar-refractivity contribution in [1.82, 2.24) is 0 Å². The predicted molar refractivity (Wildman–Crippen MR) is 111 cm³/mol. The Kier molecular flexibility index (Phi) is 6.36. The molecule has 2 heteroatoms. The maximum Gasteiger partial charge on any atom is 0.128 e. The van der Waals surface area contributed by atoms with Crippen molar-refractivity contribution in [2.24, 2.45) is 0 Å². The maximum absolute atomic E-state index is 6.32. The van der Waals surface area contributed by atoms with Crippen LogP contribution in [0.3, 0.4) is 0 Å². The van der Waals surface area contributed by atoms with Gasteiger partial charge in [-0.2, -0.15) is 0 Å². The summed E-state index contributed by atoms with van der Waals surface area (Å²) in [7, 11) is 0. The molecule has 0 atom stereocenters. The quantitative estimate of drug-likeness (QED) is 0.355. The second-order valence-electron chi connectivity index (χ2n) is 7.29. The lowest BCUT2D eigenvalue weighted by Crippen LogP contribution is -1.98. The van der Waals surface area contributed by atoms with Crippen molar-refractivity contribution in [2.75, 3.05) is 6.61 Å². The van der Waals surface area contributed by atoms with Gasteiger partial charge in [0.1, 0.15) is 5.75 Å². The molecule has 2 aliphatic rings. The number of ether oxygens (including phenoxy) is 1. The summed E-state index contributed by atoms with van der Waals surface area (Å²) in [5, 5.41) is 3.52. The van der Waals surface area contributed by atoms with Crippen molar-refractivity contribution in [2.45, 2.75) is 65.2 Å². The minimum atomic E-state index is 0.505. The molecule has 0 N–H and O–H groups in total. The smallest absolute Gasteiger partial charge is 0.128 e. The van der Waals surface area contributed by atoms with Gasteiger partial charge in [0.05, 0.1) is 6.61 Å². The van der Waals surface area contributed by atoms with E-state index in [-0.39, 0.29) is 0 Å². The third kappa shape index (κ3) is 4.36. The molecule has 0 unspecified atom stereocenters. The third-order valence-electron chi connectivity index (χ3n) is 4.96. The molecule has 0 saturated carbocycles. The average molecular weight is 355 g/mol. The molecule has 1 nitrogen and oxygen atoms in total. The van der Waals surface area contributed by atoms with Gasteiger partial charge in [0.2, 0.25) is 0 Å². The summed E-state index contributed by atoms with van der Waals surface area (Å²) >= 11 is 1.81. The van der Waals surface area contributed by atoms with Crippen LogP contribution >= 0.6 is 11.3 Å². The van der Waals surface area contributed by atoms with Gasteiger partial charge in [-0.05, 0) is 47.0 Å². The van der Waals surface area contributed by atoms with Gasteiger partial charge >= 0.3 is 0 Å². The van der Waals surface area contributed by atoms with Gasteiger partial charge in [-0.3, -0.25) is 0 Å². The van der Waals surface area contributed by atoms with Crippen LogP contribution in [0, 0.1) is 0 Å². The van der Waals surface area contributed by atoms with E-state index in [2.05, 4.69) is 56.5 Å². The lowest BCUT2D eigenvalue weighted by molar-refractivity contribution is 0.306. The first kappa shape index (κ1) is 18.3. The fourth-order valence-electron chi connectivity index (χ4n) is 3.41. The Morgan fingerprint density at radius 3 is 2.56 bits per heavy atom. The first-order valence-corrected chi connectivity index (χ1v) is 10.7. The lowest BCUT2D eigenvalue weighted by Gasteiger charge is -2.10. The summed E-state index contributed by atoms with van der Waals surface area (Å²) in [6.07, 6.45) is 7.77. The first-order chi connectivity index (χ1) is 12.2. The average Bonchev–Trinajstić information content (AvgIpc) is 3.11. The molecule has 3 rings (SSSR count). The monoisotopic (exact) mass is 354 g/mol. The highest BCUT2D eigenvalue weighted by atomic mass is 32.1. The Balaban J connectivity index is 1.78. The standard InChI is InChI=1S/C23H30OS/c1-4-5-6-7-8-9-13-24-21-15-18(17(2)3)10-11-19-16-22-20(23(19)21)12-14-25-22/h10-12,14-17H,4-9,13H2,1-3H3. The highest BCUT2D eigenvalue weighted by Gasteiger charge is 2.16. The first-order valence-electron chi connectivity index (χ1n) is 9.77. The van der Waals surface area contributed by atoms with Gasteiger partial charge in [0.25, 0.3) is 0 Å². The van der Waals surface area contributed by atoms with Gasteiger partial charge in [-0.25, -0.2) is 0 Å². The molecule has 0 aliphatic heterocycles. The van der Waals surface area contributed by atoms with Gasteiger partial charge in [0.15, 0.2) is 0 Å². The lowest BCUT2D eigenvalue weighted by atomic mass is 10.1. The Bertz CT molecular complexity index is 771. The van der Waals surface area contributed by atoms with E-state index in [1.165, 1.54) is 58.9 Å². The Labute approximate surface area is 156 Å². The van der Waals surface area contributed by atoms with Crippen molar-refractivity contribution >= 4 is 21.4 Å². The van der Waals surface area contributed by atoms with Crippen molar-refractivity contribution in [1.29, 1.82) is 0 Å². The molecule has 0 spiro atoms. The van der Waals surface area contributed by atoms with E-state index in [4.69, 9.17) is 4.74 Å². The van der Waals surface area contributed by atoms with Crippen molar-refractivity contribution in [3.8, 4) is 16.9 Å². The van der Waals surface area contributed by atoms with E-state index in [0.717, 1.165) is 18.8 Å². The summed E-state index contributed by atoms with van der Waals surface area (Å²) in [6.45, 7) is 7.58. The SMILES string of the molecule is CCCCCCCCOc1cc(C(C)C)ccc2cc3sccc3c1-2. The Hall–Kier alpha value is -1.54. The van der Waals surface area contributed by atoms with Crippen LogP contribution in [-0.2, 0) is 0 Å². The molecule has 0 aromatic carbocycles. The normalized spacial score (nSPS) is 11.7. The van der Waals surface area contributed by atoms with Gasteiger partial charge < -0.3 is 4.74 Å². The fraction of sp³-hybridized carbons (Fsp3) is 0.478. The second-order valence-corrected chi connectivity index (χ2v) is 8.23. The van der Waals surface area contributed by atoms with E-state index in [1.807, 2.05) is 11.3 Å². The van der Waals surface area contributed by atoms with Crippen molar-refractivity contribution in [3.63, 3.8) is 0 Å². The predicted octanol–water partition coefficient (Wildman–Crippen LogP) is 7.87. The number of hydrogen-bond donors (Lipinski definition) is 0. The molecule has 2 aliphatic carbocycles. The van der Waals surface area contributed by atoms with Crippen LogP contribution in [0.5, 0.6) is 5.75 Å². The topological polar surface area (TPSA) is 9.23 Å². The van der Waals surface area contributed by atoms with Crippen LogP contribution in [0.15, 0.2) is 35.7 Å². The minimum absolute atomic E-state index is 0.505. The summed E-state index contributed by atoms with van der Waals surface area (Å²) < 4.78 is 7.68. The van der Waals surface area contributed by atoms with Crippen LogP contribution in [0.4, 0.5) is 0 Å². The number of thiophene rings is 1. The summed E-state index contributed by atoms with van der Waals surface area (Å²) in [5.41, 5.74) is 3.93.